The van der Waals surface area contributed by atoms with Gasteiger partial charge in [-0.2, -0.15) is 0 Å². The van der Waals surface area contributed by atoms with E-state index in [-0.39, 0.29) is 11.6 Å². The fourth-order valence-electron chi connectivity index (χ4n) is 2.27. The summed E-state index contributed by atoms with van der Waals surface area (Å²) in [6.07, 6.45) is 0.854. The molecule has 1 N–H and O–H groups in total. The van der Waals surface area contributed by atoms with Crippen LogP contribution in [0.25, 0.3) is 0 Å². The van der Waals surface area contributed by atoms with E-state index in [1.807, 2.05) is 0 Å². The van der Waals surface area contributed by atoms with Gasteiger partial charge in [-0.3, -0.25) is 0 Å². The van der Waals surface area contributed by atoms with E-state index in [9.17, 15) is 9.59 Å². The molecule has 0 spiro atoms. The van der Waals surface area contributed by atoms with Crippen LogP contribution in [0, 0.1) is 0 Å². The van der Waals surface area contributed by atoms with E-state index in [2.05, 4.69) is 0 Å². The molecule has 0 aliphatic carbocycles. The highest BCUT2D eigenvalue weighted by atomic mass is 16.5. The van der Waals surface area contributed by atoms with Crippen LogP contribution in [0.3, 0.4) is 0 Å². The van der Waals surface area contributed by atoms with Gasteiger partial charge in [-0.1, -0.05) is 12.1 Å². The van der Waals surface area contributed by atoms with Crippen LogP contribution in [0.2, 0.25) is 0 Å². The molecule has 0 bridgehead atoms. The third kappa shape index (κ3) is 4.19. The zero-order chi connectivity index (χ0) is 15.2. The van der Waals surface area contributed by atoms with Gasteiger partial charge >= 0.3 is 12.0 Å². The van der Waals surface area contributed by atoms with Crippen LogP contribution in [-0.4, -0.2) is 60.3 Å². The number of aromatic carboxylic acids is 1. The van der Waals surface area contributed by atoms with Crippen LogP contribution in [0.4, 0.5) is 4.79 Å². The molecule has 0 saturated carbocycles. The number of ether oxygens (including phenoxy) is 1. The lowest BCUT2D eigenvalue weighted by atomic mass is 10.1. The first-order valence-corrected chi connectivity index (χ1v) is 6.98. The first kappa shape index (κ1) is 15.3. The Morgan fingerprint density at radius 2 is 1.95 bits per heavy atom. The minimum absolute atomic E-state index is 0.0252. The first-order chi connectivity index (χ1) is 10.1. The zero-order valence-electron chi connectivity index (χ0n) is 12.1. The minimum Gasteiger partial charge on any atom is -0.478 e. The number of rotatable bonds is 3. The Morgan fingerprint density at radius 1 is 1.24 bits per heavy atom. The average molecular weight is 292 g/mol. The zero-order valence-corrected chi connectivity index (χ0v) is 12.1. The van der Waals surface area contributed by atoms with Crippen molar-refractivity contribution in [1.82, 2.24) is 9.80 Å². The molecule has 0 unspecified atom stereocenters. The predicted molar refractivity (Wildman–Crippen MR) is 77.3 cm³/mol. The third-order valence-corrected chi connectivity index (χ3v) is 3.44. The molecular formula is C15H20N2O4. The summed E-state index contributed by atoms with van der Waals surface area (Å²) in [6, 6.07) is 6.55. The second-order valence-electron chi connectivity index (χ2n) is 5.09. The summed E-state index contributed by atoms with van der Waals surface area (Å²) >= 11 is 0. The first-order valence-electron chi connectivity index (χ1n) is 6.98. The number of urea groups is 1. The fraction of sp³-hybridized carbons (Fsp3) is 0.467. The van der Waals surface area contributed by atoms with E-state index in [1.165, 1.54) is 0 Å². The van der Waals surface area contributed by atoms with Crippen LogP contribution in [0.15, 0.2) is 24.3 Å². The highest BCUT2D eigenvalue weighted by Gasteiger charge is 2.19. The molecule has 1 fully saturated rings. The molecule has 0 atom stereocenters. The maximum absolute atomic E-state index is 12.3. The van der Waals surface area contributed by atoms with E-state index < -0.39 is 5.97 Å². The van der Waals surface area contributed by atoms with Gasteiger partial charge in [-0.15, -0.1) is 0 Å². The van der Waals surface area contributed by atoms with Crippen molar-refractivity contribution in [3.63, 3.8) is 0 Å². The molecule has 1 aliphatic heterocycles. The Kier molecular flexibility index (Phi) is 5.16. The van der Waals surface area contributed by atoms with Crippen molar-refractivity contribution in [1.29, 1.82) is 0 Å². The quantitative estimate of drug-likeness (QED) is 0.920. The van der Waals surface area contributed by atoms with Crippen LogP contribution >= 0.6 is 0 Å². The van der Waals surface area contributed by atoms with Gasteiger partial charge in [0, 0.05) is 33.3 Å². The molecule has 0 aromatic heterocycles. The van der Waals surface area contributed by atoms with Gasteiger partial charge in [0.1, 0.15) is 0 Å². The summed E-state index contributed by atoms with van der Waals surface area (Å²) in [7, 11) is 1.75. The van der Waals surface area contributed by atoms with Crippen molar-refractivity contribution in [3.8, 4) is 0 Å². The van der Waals surface area contributed by atoms with Crippen LogP contribution in [0.1, 0.15) is 22.3 Å². The number of benzene rings is 1. The van der Waals surface area contributed by atoms with Gasteiger partial charge in [0.05, 0.1) is 12.2 Å². The van der Waals surface area contributed by atoms with Crippen LogP contribution < -0.4 is 0 Å². The van der Waals surface area contributed by atoms with E-state index >= 15 is 0 Å². The average Bonchev–Trinajstić information content (AvgIpc) is 2.76. The monoisotopic (exact) mass is 292 g/mol. The maximum atomic E-state index is 12.3. The number of amides is 2. The number of carbonyl (C=O) groups is 2. The largest absolute Gasteiger partial charge is 0.478 e. The van der Waals surface area contributed by atoms with Gasteiger partial charge < -0.3 is 19.6 Å². The third-order valence-electron chi connectivity index (χ3n) is 3.44. The second-order valence-corrected chi connectivity index (χ2v) is 5.09. The molecule has 1 aromatic rings. The standard InChI is InChI=1S/C15H20N2O4/c1-16(15(20)17-7-2-9-21-10-8-17)11-12-3-5-13(6-4-12)14(18)19/h3-6H,2,7-11H2,1H3,(H,18,19). The topological polar surface area (TPSA) is 70.1 Å². The molecule has 1 aromatic carbocycles. The number of nitrogens with zero attached hydrogens (tertiary/aromatic N) is 2. The smallest absolute Gasteiger partial charge is 0.335 e. The molecule has 6 nitrogen and oxygen atoms in total. The van der Waals surface area contributed by atoms with E-state index in [0.29, 0.717) is 32.8 Å². The molecule has 114 valence electrons. The summed E-state index contributed by atoms with van der Waals surface area (Å²) in [5.41, 5.74) is 1.15. The van der Waals surface area contributed by atoms with Crippen LogP contribution in [-0.2, 0) is 11.3 Å². The molecule has 1 saturated heterocycles. The normalized spacial score (nSPS) is 15.4. The van der Waals surface area contributed by atoms with Crippen molar-refractivity contribution >= 4 is 12.0 Å². The lowest BCUT2D eigenvalue weighted by Crippen LogP contribution is -2.42. The number of carboxylic acid groups (broad SMARTS) is 1. The summed E-state index contributed by atoms with van der Waals surface area (Å²) in [5, 5.41) is 8.86. The molecular weight excluding hydrogens is 272 g/mol. The number of carbonyl (C=O) groups excluding carboxylic acids is 1. The molecule has 21 heavy (non-hydrogen) atoms. The fourth-order valence-corrected chi connectivity index (χ4v) is 2.27. The van der Waals surface area contributed by atoms with Gasteiger partial charge in [-0.05, 0) is 24.1 Å². The SMILES string of the molecule is CN(Cc1ccc(C(=O)O)cc1)C(=O)N1CCCOCC1. The predicted octanol–water partition coefficient (Wildman–Crippen LogP) is 1.66. The molecule has 6 heteroatoms. The molecule has 1 heterocycles. The number of hydrogen-bond donors (Lipinski definition) is 1. The molecule has 2 rings (SSSR count). The van der Waals surface area contributed by atoms with Crippen molar-refractivity contribution in [2.75, 3.05) is 33.4 Å². The van der Waals surface area contributed by atoms with Crippen molar-refractivity contribution in [2.24, 2.45) is 0 Å². The number of carboxylic acids is 1. The van der Waals surface area contributed by atoms with Gasteiger partial charge in [-0.25, -0.2) is 9.59 Å². The van der Waals surface area contributed by atoms with E-state index in [0.717, 1.165) is 12.0 Å². The van der Waals surface area contributed by atoms with E-state index in [4.69, 9.17) is 9.84 Å². The van der Waals surface area contributed by atoms with Crippen molar-refractivity contribution in [2.45, 2.75) is 13.0 Å². The molecule has 0 radical (unpaired) electrons. The van der Waals surface area contributed by atoms with Gasteiger partial charge in [0.2, 0.25) is 0 Å². The number of hydrogen-bond acceptors (Lipinski definition) is 3. The maximum Gasteiger partial charge on any atom is 0.335 e. The summed E-state index contributed by atoms with van der Waals surface area (Å²) in [6.45, 7) is 3.05. The van der Waals surface area contributed by atoms with Crippen molar-refractivity contribution in [3.05, 3.63) is 35.4 Å². The Balaban J connectivity index is 1.94. The Labute approximate surface area is 123 Å². The minimum atomic E-state index is -0.949. The Hall–Kier alpha value is -2.08. The summed E-state index contributed by atoms with van der Waals surface area (Å²) < 4.78 is 5.34. The lowest BCUT2D eigenvalue weighted by Gasteiger charge is -2.26. The highest BCUT2D eigenvalue weighted by molar-refractivity contribution is 5.87. The van der Waals surface area contributed by atoms with Gasteiger partial charge in [0.25, 0.3) is 0 Å². The highest BCUT2D eigenvalue weighted by Crippen LogP contribution is 2.10. The van der Waals surface area contributed by atoms with Crippen molar-refractivity contribution < 1.29 is 19.4 Å². The molecule has 2 amide bonds. The Morgan fingerprint density at radius 3 is 2.62 bits per heavy atom. The Bertz CT molecular complexity index is 493. The van der Waals surface area contributed by atoms with Crippen LogP contribution in [0.5, 0.6) is 0 Å². The summed E-state index contributed by atoms with van der Waals surface area (Å²) in [5.74, 6) is -0.949. The van der Waals surface area contributed by atoms with E-state index in [1.54, 1.807) is 41.1 Å². The molecule has 1 aliphatic rings. The van der Waals surface area contributed by atoms with Gasteiger partial charge in [0.15, 0.2) is 0 Å². The summed E-state index contributed by atoms with van der Waals surface area (Å²) in [4.78, 5) is 26.6. The second kappa shape index (κ2) is 7.08. The lowest BCUT2D eigenvalue weighted by molar-refractivity contribution is 0.0696.